The van der Waals surface area contributed by atoms with Crippen molar-refractivity contribution in [2.45, 2.75) is 13.2 Å². The van der Waals surface area contributed by atoms with E-state index in [4.69, 9.17) is 9.47 Å². The van der Waals surface area contributed by atoms with Gasteiger partial charge in [-0.2, -0.15) is 4.99 Å². The average molecular weight is 356 g/mol. The van der Waals surface area contributed by atoms with Gasteiger partial charge in [0.25, 0.3) is 0 Å². The van der Waals surface area contributed by atoms with Gasteiger partial charge in [0.2, 0.25) is 5.88 Å². The van der Waals surface area contributed by atoms with Gasteiger partial charge in [-0.25, -0.2) is 4.79 Å². The molecule has 1 N–H and O–H groups in total. The summed E-state index contributed by atoms with van der Waals surface area (Å²) in [7, 11) is 0. The summed E-state index contributed by atoms with van der Waals surface area (Å²) in [4.78, 5) is 16.0. The Morgan fingerprint density at radius 2 is 1.52 bits per heavy atom. The summed E-state index contributed by atoms with van der Waals surface area (Å²) in [5, 5.41) is 2.93. The molecule has 2 aromatic rings. The fraction of sp³-hybridized carbons (Fsp3) is 0.158. The first kappa shape index (κ1) is 18.6. The van der Waals surface area contributed by atoms with Crippen LogP contribution in [0.2, 0.25) is 0 Å². The first-order chi connectivity index (χ1) is 12.2. The molecule has 0 spiro atoms. The number of amides is 1. The molecule has 0 aliphatic carbocycles. The van der Waals surface area contributed by atoms with Crippen LogP contribution in [0.25, 0.3) is 0 Å². The lowest BCUT2D eigenvalue weighted by atomic mass is 10.2. The third kappa shape index (κ3) is 7.14. The number of benzene rings is 2. The molecule has 0 saturated heterocycles. The number of aliphatic imine (C=N–C) groups is 1. The minimum Gasteiger partial charge on any atom is -0.473 e. The van der Waals surface area contributed by atoms with Crippen molar-refractivity contribution >= 4 is 23.0 Å². The van der Waals surface area contributed by atoms with Gasteiger partial charge in [0, 0.05) is 0 Å². The predicted octanol–water partition coefficient (Wildman–Crippen LogP) is 4.32. The van der Waals surface area contributed by atoms with Crippen molar-refractivity contribution in [3.8, 4) is 0 Å². The first-order valence-corrected chi connectivity index (χ1v) is 8.86. The van der Waals surface area contributed by atoms with Crippen molar-refractivity contribution in [2.24, 2.45) is 4.99 Å². The van der Waals surface area contributed by atoms with Gasteiger partial charge in [-0.15, -0.1) is 0 Å². The molecular formula is C19H20N2O3S. The number of thioether (sulfide) groups is 1. The molecule has 6 heteroatoms. The van der Waals surface area contributed by atoms with Gasteiger partial charge >= 0.3 is 6.09 Å². The Balaban J connectivity index is 1.80. The van der Waals surface area contributed by atoms with Crippen molar-refractivity contribution in [3.63, 3.8) is 0 Å². The number of hydrogen-bond donors (Lipinski definition) is 1. The van der Waals surface area contributed by atoms with Crippen molar-refractivity contribution in [2.75, 3.05) is 6.26 Å². The van der Waals surface area contributed by atoms with Crippen LogP contribution in [-0.2, 0) is 22.7 Å². The van der Waals surface area contributed by atoms with Crippen molar-refractivity contribution < 1.29 is 14.3 Å². The SMILES string of the molecule is C=C(/N=C(/NC(=O)OCc1ccccc1)SC)OCc1ccccc1. The first-order valence-electron chi connectivity index (χ1n) is 7.63. The van der Waals surface area contributed by atoms with Crippen LogP contribution in [0.5, 0.6) is 0 Å². The largest absolute Gasteiger partial charge is 0.473 e. The Morgan fingerprint density at radius 3 is 2.04 bits per heavy atom. The van der Waals surface area contributed by atoms with E-state index in [2.05, 4.69) is 16.9 Å². The Hall–Kier alpha value is -2.73. The number of nitrogens with one attached hydrogen (secondary N) is 1. The fourth-order valence-electron chi connectivity index (χ4n) is 1.86. The number of carbonyl (C=O) groups excluding carboxylic acids is 1. The highest BCUT2D eigenvalue weighted by molar-refractivity contribution is 8.13. The average Bonchev–Trinajstić information content (AvgIpc) is 2.66. The lowest BCUT2D eigenvalue weighted by Gasteiger charge is -2.09. The fourth-order valence-corrected chi connectivity index (χ4v) is 2.24. The summed E-state index contributed by atoms with van der Waals surface area (Å²) >= 11 is 1.27. The van der Waals surface area contributed by atoms with Gasteiger partial charge < -0.3 is 9.47 Å². The summed E-state index contributed by atoms with van der Waals surface area (Å²) in [5.41, 5.74) is 1.93. The molecule has 0 bridgehead atoms. The summed E-state index contributed by atoms with van der Waals surface area (Å²) in [6.07, 6.45) is 1.22. The molecule has 130 valence electrons. The summed E-state index contributed by atoms with van der Waals surface area (Å²) in [6.45, 7) is 4.30. The molecule has 0 heterocycles. The molecule has 0 aromatic heterocycles. The van der Waals surface area contributed by atoms with Gasteiger partial charge in [-0.1, -0.05) is 72.4 Å². The molecule has 0 saturated carbocycles. The van der Waals surface area contributed by atoms with Crippen LogP contribution in [0, 0.1) is 0 Å². The van der Waals surface area contributed by atoms with E-state index in [0.717, 1.165) is 11.1 Å². The zero-order chi connectivity index (χ0) is 17.9. The molecule has 0 unspecified atom stereocenters. The van der Waals surface area contributed by atoms with Crippen LogP contribution in [-0.4, -0.2) is 17.5 Å². The van der Waals surface area contributed by atoms with Crippen molar-refractivity contribution in [1.82, 2.24) is 5.32 Å². The smallest absolute Gasteiger partial charge is 0.413 e. The van der Waals surface area contributed by atoms with Crippen LogP contribution in [0.15, 0.2) is 78.1 Å². The zero-order valence-corrected chi connectivity index (χ0v) is 14.8. The maximum absolute atomic E-state index is 11.8. The van der Waals surface area contributed by atoms with Crippen LogP contribution in [0.3, 0.4) is 0 Å². The maximum atomic E-state index is 11.8. The van der Waals surface area contributed by atoms with Gasteiger partial charge in [0.05, 0.1) is 0 Å². The Kier molecular flexibility index (Phi) is 7.59. The maximum Gasteiger partial charge on any atom is 0.413 e. The van der Waals surface area contributed by atoms with Gasteiger partial charge in [-0.05, 0) is 24.0 Å². The normalized spacial score (nSPS) is 10.8. The number of alkyl carbamates (subject to hydrolysis) is 1. The van der Waals surface area contributed by atoms with Crippen molar-refractivity contribution in [1.29, 1.82) is 0 Å². The van der Waals surface area contributed by atoms with Crippen LogP contribution >= 0.6 is 11.8 Å². The Labute approximate surface area is 151 Å². The minimum atomic E-state index is -0.576. The molecule has 5 nitrogen and oxygen atoms in total. The topological polar surface area (TPSA) is 59.9 Å². The van der Waals surface area contributed by atoms with Gasteiger partial charge in [0.15, 0.2) is 5.17 Å². The highest BCUT2D eigenvalue weighted by Crippen LogP contribution is 2.08. The summed E-state index contributed by atoms with van der Waals surface area (Å²) < 4.78 is 10.6. The molecule has 0 aliphatic heterocycles. The highest BCUT2D eigenvalue weighted by Gasteiger charge is 2.07. The van der Waals surface area contributed by atoms with Crippen molar-refractivity contribution in [3.05, 3.63) is 84.3 Å². The van der Waals surface area contributed by atoms with Crippen LogP contribution in [0.1, 0.15) is 11.1 Å². The predicted molar refractivity (Wildman–Crippen MR) is 101 cm³/mol. The standard InChI is InChI=1S/C19H20N2O3S/c1-15(23-13-16-9-5-3-6-10-16)20-18(25-2)21-19(22)24-14-17-11-7-4-8-12-17/h3-12H,1,13-14H2,2H3,(H,20,21,22). The summed E-state index contributed by atoms with van der Waals surface area (Å²) in [5.74, 6) is 0.219. The molecule has 2 aromatic carbocycles. The lowest BCUT2D eigenvalue weighted by Crippen LogP contribution is -2.29. The van der Waals surface area contributed by atoms with E-state index in [1.54, 1.807) is 6.26 Å². The van der Waals surface area contributed by atoms with E-state index in [1.165, 1.54) is 11.8 Å². The molecule has 0 radical (unpaired) electrons. The van der Waals surface area contributed by atoms with E-state index in [1.807, 2.05) is 60.7 Å². The Morgan fingerprint density at radius 1 is 1.00 bits per heavy atom. The molecule has 0 aliphatic rings. The number of rotatable bonds is 6. The lowest BCUT2D eigenvalue weighted by molar-refractivity contribution is 0.145. The van der Waals surface area contributed by atoms with E-state index in [-0.39, 0.29) is 12.5 Å². The van der Waals surface area contributed by atoms with E-state index in [0.29, 0.717) is 11.8 Å². The van der Waals surface area contributed by atoms with Crippen LogP contribution in [0.4, 0.5) is 4.79 Å². The Bertz CT molecular complexity index is 718. The van der Waals surface area contributed by atoms with Gasteiger partial charge in [-0.3, -0.25) is 5.32 Å². The second-order valence-corrected chi connectivity index (χ2v) is 5.77. The highest BCUT2D eigenvalue weighted by atomic mass is 32.2. The molecule has 0 atom stereocenters. The number of ether oxygens (including phenoxy) is 2. The number of carbonyl (C=O) groups is 1. The number of hydrogen-bond acceptors (Lipinski definition) is 5. The quantitative estimate of drug-likeness (QED) is 0.476. The molecule has 0 fully saturated rings. The monoisotopic (exact) mass is 356 g/mol. The second kappa shape index (κ2) is 10.2. The minimum absolute atomic E-state index is 0.194. The molecule has 25 heavy (non-hydrogen) atoms. The zero-order valence-electron chi connectivity index (χ0n) is 14.0. The third-order valence-electron chi connectivity index (χ3n) is 3.09. The van der Waals surface area contributed by atoms with Gasteiger partial charge in [0.1, 0.15) is 13.2 Å². The van der Waals surface area contributed by atoms with E-state index < -0.39 is 6.09 Å². The molecule has 2 rings (SSSR count). The third-order valence-corrected chi connectivity index (χ3v) is 3.67. The second-order valence-electron chi connectivity index (χ2n) is 4.98. The van der Waals surface area contributed by atoms with Crippen LogP contribution < -0.4 is 5.32 Å². The molecular weight excluding hydrogens is 336 g/mol. The number of nitrogens with zero attached hydrogens (tertiary/aromatic N) is 1. The molecule has 1 amide bonds. The van der Waals surface area contributed by atoms with E-state index >= 15 is 0 Å². The van der Waals surface area contributed by atoms with E-state index in [9.17, 15) is 4.79 Å². The number of amidine groups is 1. The summed E-state index contributed by atoms with van der Waals surface area (Å²) in [6, 6.07) is 19.2.